The van der Waals surface area contributed by atoms with Gasteiger partial charge in [0.1, 0.15) is 5.69 Å². The van der Waals surface area contributed by atoms with Crippen LogP contribution in [0.25, 0.3) is 0 Å². The second kappa shape index (κ2) is 8.29. The number of sulfonamides is 1. The van der Waals surface area contributed by atoms with E-state index in [1.807, 2.05) is 37.3 Å². The lowest BCUT2D eigenvalue weighted by Gasteiger charge is -2.19. The second-order valence-electron chi connectivity index (χ2n) is 5.80. The van der Waals surface area contributed by atoms with Gasteiger partial charge in [-0.1, -0.05) is 44.2 Å². The highest BCUT2D eigenvalue weighted by Crippen LogP contribution is 2.31. The molecular weight excluding hydrogens is 354 g/mol. The van der Waals surface area contributed by atoms with Gasteiger partial charge in [-0.05, 0) is 24.6 Å². The van der Waals surface area contributed by atoms with Gasteiger partial charge in [-0.3, -0.25) is 10.1 Å². The molecule has 2 aromatic rings. The number of anilines is 1. The standard InChI is InChI=1S/C18H23N3O4S/c1-4-20(5-2)26(24,25)16-11-12-17(18(13-16)21(22)23)19-14(3)15-9-7-6-8-10-15/h6-14,19H,4-5H2,1-3H3. The van der Waals surface area contributed by atoms with Crippen molar-refractivity contribution in [1.29, 1.82) is 0 Å². The molecule has 1 atom stereocenters. The lowest BCUT2D eigenvalue weighted by molar-refractivity contribution is -0.384. The fraction of sp³-hybridized carbons (Fsp3) is 0.333. The summed E-state index contributed by atoms with van der Waals surface area (Å²) in [5, 5.41) is 14.6. The molecule has 0 amide bonds. The van der Waals surface area contributed by atoms with Gasteiger partial charge in [-0.2, -0.15) is 4.31 Å². The summed E-state index contributed by atoms with van der Waals surface area (Å²) in [5.41, 5.74) is 0.993. The summed E-state index contributed by atoms with van der Waals surface area (Å²) in [5.74, 6) is 0. The van der Waals surface area contributed by atoms with Crippen LogP contribution in [-0.2, 0) is 10.0 Å². The fourth-order valence-corrected chi connectivity index (χ4v) is 4.19. The Balaban J connectivity index is 2.40. The van der Waals surface area contributed by atoms with Crippen molar-refractivity contribution in [2.24, 2.45) is 0 Å². The molecule has 0 aliphatic heterocycles. The summed E-state index contributed by atoms with van der Waals surface area (Å²) >= 11 is 0. The van der Waals surface area contributed by atoms with E-state index in [-0.39, 0.29) is 22.3 Å². The summed E-state index contributed by atoms with van der Waals surface area (Å²) < 4.78 is 26.5. The summed E-state index contributed by atoms with van der Waals surface area (Å²) in [6.45, 7) is 5.95. The fourth-order valence-electron chi connectivity index (χ4n) is 2.72. The number of nitrogens with one attached hydrogen (secondary N) is 1. The smallest absolute Gasteiger partial charge is 0.293 e. The maximum absolute atomic E-state index is 12.6. The molecule has 140 valence electrons. The predicted octanol–water partition coefficient (Wildman–Crippen LogP) is 3.80. The first-order valence-corrected chi connectivity index (χ1v) is 9.85. The van der Waals surface area contributed by atoms with Crippen molar-refractivity contribution >= 4 is 21.4 Å². The van der Waals surface area contributed by atoms with Gasteiger partial charge >= 0.3 is 0 Å². The second-order valence-corrected chi connectivity index (χ2v) is 7.74. The summed E-state index contributed by atoms with van der Waals surface area (Å²) in [7, 11) is -3.75. The van der Waals surface area contributed by atoms with Crippen LogP contribution in [0.1, 0.15) is 32.4 Å². The molecule has 0 spiro atoms. The Labute approximate surface area is 153 Å². The van der Waals surface area contributed by atoms with E-state index < -0.39 is 14.9 Å². The van der Waals surface area contributed by atoms with Gasteiger partial charge < -0.3 is 5.32 Å². The average Bonchev–Trinajstić information content (AvgIpc) is 2.63. The molecule has 1 unspecified atom stereocenters. The molecule has 0 aromatic heterocycles. The Morgan fingerprint density at radius 3 is 2.27 bits per heavy atom. The van der Waals surface area contributed by atoms with Gasteiger partial charge in [0.15, 0.2) is 0 Å². The maximum Gasteiger partial charge on any atom is 0.293 e. The number of hydrogen-bond donors (Lipinski definition) is 1. The molecule has 0 radical (unpaired) electrons. The first kappa shape index (κ1) is 19.9. The largest absolute Gasteiger partial charge is 0.373 e. The monoisotopic (exact) mass is 377 g/mol. The molecule has 8 heteroatoms. The minimum absolute atomic E-state index is 0.0779. The van der Waals surface area contributed by atoms with Crippen molar-refractivity contribution < 1.29 is 13.3 Å². The van der Waals surface area contributed by atoms with E-state index >= 15 is 0 Å². The topological polar surface area (TPSA) is 92.6 Å². The molecular formula is C18H23N3O4S. The average molecular weight is 377 g/mol. The predicted molar refractivity (Wildman–Crippen MR) is 102 cm³/mol. The highest BCUT2D eigenvalue weighted by atomic mass is 32.2. The van der Waals surface area contributed by atoms with Crippen LogP contribution in [0.4, 0.5) is 11.4 Å². The maximum atomic E-state index is 12.6. The first-order chi connectivity index (χ1) is 12.3. The third-order valence-electron chi connectivity index (χ3n) is 4.18. The zero-order valence-corrected chi connectivity index (χ0v) is 15.9. The Morgan fingerprint density at radius 1 is 1.12 bits per heavy atom. The number of nitro groups is 1. The molecule has 0 heterocycles. The lowest BCUT2D eigenvalue weighted by atomic mass is 10.1. The van der Waals surface area contributed by atoms with Crippen molar-refractivity contribution in [1.82, 2.24) is 4.31 Å². The summed E-state index contributed by atoms with van der Waals surface area (Å²) in [6.07, 6.45) is 0. The Kier molecular flexibility index (Phi) is 6.33. The van der Waals surface area contributed by atoms with Gasteiger partial charge in [0.2, 0.25) is 10.0 Å². The van der Waals surface area contributed by atoms with Crippen molar-refractivity contribution in [3.8, 4) is 0 Å². The number of nitro benzene ring substituents is 1. The van der Waals surface area contributed by atoms with Gasteiger partial charge in [-0.25, -0.2) is 8.42 Å². The third kappa shape index (κ3) is 4.20. The highest BCUT2D eigenvalue weighted by molar-refractivity contribution is 7.89. The van der Waals surface area contributed by atoms with Crippen LogP contribution in [0, 0.1) is 10.1 Å². The zero-order chi connectivity index (χ0) is 19.3. The van der Waals surface area contributed by atoms with E-state index in [0.29, 0.717) is 13.1 Å². The van der Waals surface area contributed by atoms with Crippen LogP contribution in [-0.4, -0.2) is 30.7 Å². The van der Waals surface area contributed by atoms with E-state index in [1.165, 1.54) is 16.4 Å². The molecule has 0 fully saturated rings. The quantitative estimate of drug-likeness (QED) is 0.558. The lowest BCUT2D eigenvalue weighted by Crippen LogP contribution is -2.30. The summed E-state index contributed by atoms with van der Waals surface area (Å²) in [6, 6.07) is 13.3. The zero-order valence-electron chi connectivity index (χ0n) is 15.0. The van der Waals surface area contributed by atoms with Gasteiger partial charge in [0.05, 0.1) is 9.82 Å². The molecule has 7 nitrogen and oxygen atoms in total. The molecule has 0 aliphatic carbocycles. The van der Waals surface area contributed by atoms with Crippen LogP contribution in [0.15, 0.2) is 53.4 Å². The van der Waals surface area contributed by atoms with Crippen LogP contribution in [0.3, 0.4) is 0 Å². The van der Waals surface area contributed by atoms with Crippen LogP contribution >= 0.6 is 0 Å². The molecule has 2 aromatic carbocycles. The minimum atomic E-state index is -3.75. The van der Waals surface area contributed by atoms with E-state index in [4.69, 9.17) is 0 Å². The molecule has 0 saturated heterocycles. The number of hydrogen-bond acceptors (Lipinski definition) is 5. The van der Waals surface area contributed by atoms with Crippen molar-refractivity contribution in [3.63, 3.8) is 0 Å². The number of nitrogens with zero attached hydrogens (tertiary/aromatic N) is 2. The minimum Gasteiger partial charge on any atom is -0.373 e. The Morgan fingerprint density at radius 2 is 1.73 bits per heavy atom. The van der Waals surface area contributed by atoms with E-state index in [2.05, 4.69) is 5.32 Å². The van der Waals surface area contributed by atoms with Crippen LogP contribution in [0.2, 0.25) is 0 Å². The third-order valence-corrected chi connectivity index (χ3v) is 6.23. The first-order valence-electron chi connectivity index (χ1n) is 8.41. The highest BCUT2D eigenvalue weighted by Gasteiger charge is 2.26. The Bertz CT molecular complexity index is 865. The number of rotatable bonds is 8. The van der Waals surface area contributed by atoms with Gasteiger partial charge in [0.25, 0.3) is 5.69 Å². The molecule has 0 bridgehead atoms. The number of benzene rings is 2. The Hall–Kier alpha value is -2.45. The van der Waals surface area contributed by atoms with E-state index in [1.54, 1.807) is 13.8 Å². The molecule has 0 saturated carbocycles. The molecule has 1 N–H and O–H groups in total. The van der Waals surface area contributed by atoms with Gasteiger partial charge in [-0.15, -0.1) is 0 Å². The van der Waals surface area contributed by atoms with Gasteiger partial charge in [0, 0.05) is 25.2 Å². The molecule has 0 aliphatic rings. The normalized spacial score (nSPS) is 12.8. The van der Waals surface area contributed by atoms with Crippen molar-refractivity contribution in [3.05, 3.63) is 64.2 Å². The summed E-state index contributed by atoms with van der Waals surface area (Å²) in [4.78, 5) is 10.8. The van der Waals surface area contributed by atoms with E-state index in [0.717, 1.165) is 11.6 Å². The SMILES string of the molecule is CCN(CC)S(=O)(=O)c1ccc(NC(C)c2ccccc2)c([N+](=O)[O-])c1. The van der Waals surface area contributed by atoms with Crippen molar-refractivity contribution in [2.45, 2.75) is 31.7 Å². The van der Waals surface area contributed by atoms with E-state index in [9.17, 15) is 18.5 Å². The molecule has 2 rings (SSSR count). The van der Waals surface area contributed by atoms with Crippen LogP contribution < -0.4 is 5.32 Å². The molecule has 26 heavy (non-hydrogen) atoms. The van der Waals surface area contributed by atoms with Crippen LogP contribution in [0.5, 0.6) is 0 Å². The van der Waals surface area contributed by atoms with Crippen molar-refractivity contribution in [2.75, 3.05) is 18.4 Å².